The number of hydrogen-bond acceptors (Lipinski definition) is 4. The zero-order valence-electron chi connectivity index (χ0n) is 10.2. The fourth-order valence-electron chi connectivity index (χ4n) is 1.52. The molecule has 0 saturated heterocycles. The predicted molar refractivity (Wildman–Crippen MR) is 68.2 cm³/mol. The molecule has 0 aromatic carbocycles. The molecule has 0 aliphatic rings. The van der Waals surface area contributed by atoms with Gasteiger partial charge < -0.3 is 5.73 Å². The lowest BCUT2D eigenvalue weighted by molar-refractivity contribution is 0.541. The molecule has 0 amide bonds. The van der Waals surface area contributed by atoms with Crippen LogP contribution in [0, 0.1) is 12.3 Å². The van der Waals surface area contributed by atoms with Crippen molar-refractivity contribution in [1.29, 1.82) is 0 Å². The Morgan fingerprint density at radius 1 is 1.50 bits per heavy atom. The van der Waals surface area contributed by atoms with Gasteiger partial charge in [0.1, 0.15) is 0 Å². The second-order valence-electron chi connectivity index (χ2n) is 4.94. The molecule has 0 aliphatic heterocycles. The van der Waals surface area contributed by atoms with E-state index >= 15 is 0 Å². The molecular weight excluding hydrogens is 218 g/mol. The standard InChI is InChI=1S/C12H19N3S/c1-5-6-7-8-9(13)10-11(12(2,3)4)14-15-16-10/h1,9H,6-8,13H2,2-4H3. The Kier molecular flexibility index (Phi) is 4.45. The van der Waals surface area contributed by atoms with Crippen LogP contribution in [0.4, 0.5) is 0 Å². The highest BCUT2D eigenvalue weighted by Crippen LogP contribution is 2.31. The Balaban J connectivity index is 2.73. The molecule has 0 bridgehead atoms. The summed E-state index contributed by atoms with van der Waals surface area (Å²) >= 11 is 1.40. The molecular formula is C12H19N3S. The number of nitrogens with two attached hydrogens (primary N) is 1. The van der Waals surface area contributed by atoms with E-state index in [4.69, 9.17) is 12.2 Å². The van der Waals surface area contributed by atoms with E-state index in [1.807, 2.05) is 0 Å². The van der Waals surface area contributed by atoms with Gasteiger partial charge in [-0.3, -0.25) is 0 Å². The molecule has 1 heterocycles. The normalized spacial score (nSPS) is 13.4. The highest BCUT2D eigenvalue weighted by atomic mass is 32.1. The minimum absolute atomic E-state index is 0.00602. The van der Waals surface area contributed by atoms with Crippen molar-refractivity contribution in [3.8, 4) is 12.3 Å². The number of aromatic nitrogens is 2. The van der Waals surface area contributed by atoms with Gasteiger partial charge in [0.25, 0.3) is 0 Å². The number of hydrogen-bond donors (Lipinski definition) is 1. The molecule has 3 nitrogen and oxygen atoms in total. The summed E-state index contributed by atoms with van der Waals surface area (Å²) in [6.45, 7) is 6.38. The molecule has 1 aromatic heterocycles. The van der Waals surface area contributed by atoms with E-state index in [9.17, 15) is 0 Å². The van der Waals surface area contributed by atoms with E-state index in [2.05, 4.69) is 36.3 Å². The Bertz CT molecular complexity index is 370. The Morgan fingerprint density at radius 3 is 2.75 bits per heavy atom. The maximum Gasteiger partial charge on any atom is 0.0856 e. The first-order valence-electron chi connectivity index (χ1n) is 5.48. The van der Waals surface area contributed by atoms with Crippen molar-refractivity contribution in [2.24, 2.45) is 5.73 Å². The topological polar surface area (TPSA) is 51.8 Å². The zero-order valence-corrected chi connectivity index (χ0v) is 11.0. The van der Waals surface area contributed by atoms with Crippen molar-refractivity contribution in [2.45, 2.75) is 51.5 Å². The van der Waals surface area contributed by atoms with E-state index in [1.54, 1.807) is 0 Å². The third-order valence-corrected chi connectivity index (χ3v) is 3.25. The molecule has 1 unspecified atom stereocenters. The molecule has 16 heavy (non-hydrogen) atoms. The molecule has 0 radical (unpaired) electrons. The van der Waals surface area contributed by atoms with Gasteiger partial charge in [-0.05, 0) is 24.4 Å². The van der Waals surface area contributed by atoms with Crippen LogP contribution in [-0.4, -0.2) is 9.59 Å². The predicted octanol–water partition coefficient (Wildman–Crippen LogP) is 2.64. The van der Waals surface area contributed by atoms with Crippen LogP contribution in [0.1, 0.15) is 56.6 Å². The fraction of sp³-hybridized carbons (Fsp3) is 0.667. The molecule has 0 saturated carbocycles. The molecule has 1 atom stereocenters. The maximum atomic E-state index is 6.14. The average molecular weight is 237 g/mol. The maximum absolute atomic E-state index is 6.14. The van der Waals surface area contributed by atoms with Gasteiger partial charge in [0.2, 0.25) is 0 Å². The van der Waals surface area contributed by atoms with Gasteiger partial charge in [-0.25, -0.2) is 0 Å². The lowest BCUT2D eigenvalue weighted by atomic mass is 9.89. The summed E-state index contributed by atoms with van der Waals surface area (Å²) in [6, 6.07) is 0.0163. The number of unbranched alkanes of at least 4 members (excludes halogenated alkanes) is 1. The van der Waals surface area contributed by atoms with E-state index in [-0.39, 0.29) is 11.5 Å². The summed E-state index contributed by atoms with van der Waals surface area (Å²) in [5, 5.41) is 4.18. The largest absolute Gasteiger partial charge is 0.323 e. The van der Waals surface area contributed by atoms with Crippen molar-refractivity contribution in [3.05, 3.63) is 10.6 Å². The van der Waals surface area contributed by atoms with Crippen LogP contribution in [0.3, 0.4) is 0 Å². The van der Waals surface area contributed by atoms with Gasteiger partial charge in [0.05, 0.1) is 10.6 Å². The molecule has 1 rings (SSSR count). The Morgan fingerprint density at radius 2 is 2.19 bits per heavy atom. The SMILES string of the molecule is C#CCCCC(N)c1snnc1C(C)(C)C. The molecule has 4 heteroatoms. The van der Waals surface area contributed by atoms with Crippen LogP contribution in [-0.2, 0) is 5.41 Å². The lowest BCUT2D eigenvalue weighted by Crippen LogP contribution is -2.19. The van der Waals surface area contributed by atoms with Gasteiger partial charge in [-0.1, -0.05) is 25.3 Å². The highest BCUT2D eigenvalue weighted by molar-refractivity contribution is 7.05. The fourth-order valence-corrected chi connectivity index (χ4v) is 2.41. The van der Waals surface area contributed by atoms with E-state index in [0.717, 1.165) is 29.8 Å². The summed E-state index contributed by atoms with van der Waals surface area (Å²) < 4.78 is 4.01. The van der Waals surface area contributed by atoms with E-state index in [1.165, 1.54) is 11.5 Å². The monoisotopic (exact) mass is 237 g/mol. The third kappa shape index (κ3) is 3.29. The van der Waals surface area contributed by atoms with E-state index in [0.29, 0.717) is 0 Å². The van der Waals surface area contributed by atoms with E-state index < -0.39 is 0 Å². The van der Waals surface area contributed by atoms with Gasteiger partial charge in [-0.2, -0.15) is 0 Å². The van der Waals surface area contributed by atoms with Crippen LogP contribution in [0.5, 0.6) is 0 Å². The number of terminal acetylenes is 1. The molecule has 1 aromatic rings. The van der Waals surface area contributed by atoms with Crippen LogP contribution >= 0.6 is 11.5 Å². The molecule has 2 N–H and O–H groups in total. The van der Waals surface area contributed by atoms with Crippen LogP contribution in [0.15, 0.2) is 0 Å². The van der Waals surface area contributed by atoms with Crippen molar-refractivity contribution in [2.75, 3.05) is 0 Å². The van der Waals surface area contributed by atoms with Crippen molar-refractivity contribution < 1.29 is 0 Å². The minimum Gasteiger partial charge on any atom is -0.323 e. The first-order valence-corrected chi connectivity index (χ1v) is 6.26. The Labute approximate surface area is 102 Å². The number of nitrogens with zero attached hydrogens (tertiary/aromatic N) is 2. The molecule has 88 valence electrons. The first-order chi connectivity index (χ1) is 7.46. The second-order valence-corrected chi connectivity index (χ2v) is 5.72. The minimum atomic E-state index is 0.00602. The summed E-state index contributed by atoms with van der Waals surface area (Å²) in [5.41, 5.74) is 7.16. The number of rotatable bonds is 4. The third-order valence-electron chi connectivity index (χ3n) is 2.40. The quantitative estimate of drug-likeness (QED) is 0.647. The summed E-state index contributed by atoms with van der Waals surface area (Å²) in [4.78, 5) is 1.10. The van der Waals surface area contributed by atoms with Crippen molar-refractivity contribution >= 4 is 11.5 Å². The lowest BCUT2D eigenvalue weighted by Gasteiger charge is -2.19. The summed E-state index contributed by atoms with van der Waals surface area (Å²) in [5.74, 6) is 2.63. The van der Waals surface area contributed by atoms with Crippen LogP contribution in [0.25, 0.3) is 0 Å². The molecule has 0 aliphatic carbocycles. The van der Waals surface area contributed by atoms with Crippen molar-refractivity contribution in [1.82, 2.24) is 9.59 Å². The Hall–Kier alpha value is -0.920. The van der Waals surface area contributed by atoms with Gasteiger partial charge in [-0.15, -0.1) is 17.4 Å². The van der Waals surface area contributed by atoms with Crippen LogP contribution in [0.2, 0.25) is 0 Å². The zero-order chi connectivity index (χ0) is 12.2. The molecule has 0 fully saturated rings. The van der Waals surface area contributed by atoms with Crippen LogP contribution < -0.4 is 5.73 Å². The summed E-state index contributed by atoms with van der Waals surface area (Å²) in [6.07, 6.45) is 7.86. The first kappa shape index (κ1) is 13.1. The second kappa shape index (κ2) is 5.42. The van der Waals surface area contributed by atoms with Gasteiger partial charge >= 0.3 is 0 Å². The van der Waals surface area contributed by atoms with Gasteiger partial charge in [0.15, 0.2) is 0 Å². The summed E-state index contributed by atoms with van der Waals surface area (Å²) in [7, 11) is 0. The highest BCUT2D eigenvalue weighted by Gasteiger charge is 2.25. The average Bonchev–Trinajstić information content (AvgIpc) is 2.65. The van der Waals surface area contributed by atoms with Crippen molar-refractivity contribution in [3.63, 3.8) is 0 Å². The molecule has 0 spiro atoms. The smallest absolute Gasteiger partial charge is 0.0856 e. The van der Waals surface area contributed by atoms with Gasteiger partial charge in [0, 0.05) is 17.9 Å².